The third-order valence-electron chi connectivity index (χ3n) is 2.32. The van der Waals surface area contributed by atoms with Gasteiger partial charge in [0.05, 0.1) is 6.10 Å². The van der Waals surface area contributed by atoms with Crippen LogP contribution in [0.15, 0.2) is 42.1 Å². The van der Waals surface area contributed by atoms with E-state index in [1.807, 2.05) is 30.3 Å². The Morgan fingerprint density at radius 2 is 2.11 bits per heavy atom. The summed E-state index contributed by atoms with van der Waals surface area (Å²) in [6.45, 7) is 3.76. The van der Waals surface area contributed by atoms with Crippen molar-refractivity contribution in [3.63, 3.8) is 0 Å². The van der Waals surface area contributed by atoms with Crippen LogP contribution >= 0.6 is 0 Å². The molecule has 0 bridgehead atoms. The fourth-order valence-electron chi connectivity index (χ4n) is 1.42. The van der Waals surface area contributed by atoms with Crippen molar-refractivity contribution in [1.82, 2.24) is 0 Å². The molecule has 0 fully saturated rings. The highest BCUT2D eigenvalue weighted by Gasteiger charge is 2.08. The summed E-state index contributed by atoms with van der Waals surface area (Å²) < 4.78 is 5.38. The Kier molecular flexibility index (Phi) is 5.73. The second-order valence-corrected chi connectivity index (χ2v) is 3.90. The maximum atomic E-state index is 9.54. The van der Waals surface area contributed by atoms with Crippen molar-refractivity contribution in [2.45, 2.75) is 18.9 Å². The van der Waals surface area contributed by atoms with E-state index in [2.05, 4.69) is 11.7 Å². The normalized spacial score (nSPS) is 13.1. The quantitative estimate of drug-likeness (QED) is 0.224. The van der Waals surface area contributed by atoms with Crippen molar-refractivity contribution < 1.29 is 15.1 Å². The maximum absolute atomic E-state index is 9.54. The van der Waals surface area contributed by atoms with Gasteiger partial charge in [0.2, 0.25) is 0 Å². The summed E-state index contributed by atoms with van der Waals surface area (Å²) in [7, 11) is 0. The Labute approximate surface area is 106 Å². The first kappa shape index (κ1) is 14.1. The highest BCUT2D eigenvalue weighted by molar-refractivity contribution is 5.80. The van der Waals surface area contributed by atoms with Crippen LogP contribution < -0.4 is 10.5 Å². The molecule has 0 spiro atoms. The Hall–Kier alpha value is -2.01. The van der Waals surface area contributed by atoms with Crippen molar-refractivity contribution in [2.24, 2.45) is 10.9 Å². The van der Waals surface area contributed by atoms with E-state index < -0.39 is 6.10 Å². The molecule has 1 unspecified atom stereocenters. The van der Waals surface area contributed by atoms with Crippen LogP contribution in [0.3, 0.4) is 0 Å². The molecule has 1 atom stereocenters. The van der Waals surface area contributed by atoms with Crippen LogP contribution in [0, 0.1) is 0 Å². The molecular formula is C13H18N2O3. The average Bonchev–Trinajstić information content (AvgIpc) is 2.38. The second kappa shape index (κ2) is 7.34. The number of nitrogens with two attached hydrogens (primary N) is 1. The van der Waals surface area contributed by atoms with Gasteiger partial charge in [-0.25, -0.2) is 0 Å². The largest absolute Gasteiger partial charge is 0.491 e. The molecule has 0 saturated carbocycles. The van der Waals surface area contributed by atoms with Gasteiger partial charge in [-0.3, -0.25) is 0 Å². The number of nitrogens with zero attached hydrogens (tertiary/aromatic N) is 1. The summed E-state index contributed by atoms with van der Waals surface area (Å²) >= 11 is 0. The van der Waals surface area contributed by atoms with Crippen LogP contribution in [0.1, 0.15) is 12.0 Å². The lowest BCUT2D eigenvalue weighted by Gasteiger charge is -2.11. The molecule has 1 aromatic carbocycles. The number of rotatable bonds is 7. The minimum absolute atomic E-state index is 0.0209. The minimum Gasteiger partial charge on any atom is -0.491 e. The van der Waals surface area contributed by atoms with E-state index in [1.54, 1.807) is 0 Å². The van der Waals surface area contributed by atoms with E-state index in [0.29, 0.717) is 5.75 Å². The first-order chi connectivity index (χ1) is 8.65. The van der Waals surface area contributed by atoms with Gasteiger partial charge < -0.3 is 20.8 Å². The lowest BCUT2D eigenvalue weighted by molar-refractivity contribution is 0.112. The number of ether oxygens (including phenoxy) is 1. The average molecular weight is 250 g/mol. The topological polar surface area (TPSA) is 88.1 Å². The highest BCUT2D eigenvalue weighted by atomic mass is 16.5. The molecule has 0 aromatic heterocycles. The van der Waals surface area contributed by atoms with Gasteiger partial charge in [-0.05, 0) is 24.1 Å². The summed E-state index contributed by atoms with van der Waals surface area (Å²) in [5.41, 5.74) is 6.42. The van der Waals surface area contributed by atoms with E-state index in [-0.39, 0.29) is 18.9 Å². The third kappa shape index (κ3) is 4.88. The highest BCUT2D eigenvalue weighted by Crippen LogP contribution is 2.13. The zero-order valence-electron chi connectivity index (χ0n) is 10.1. The molecule has 1 aromatic rings. The SMILES string of the molecule is C=CCc1ccc(OCC(O)CC(N)=NO)cc1. The fourth-order valence-corrected chi connectivity index (χ4v) is 1.42. The molecule has 0 aliphatic carbocycles. The van der Waals surface area contributed by atoms with Gasteiger partial charge in [0.15, 0.2) is 0 Å². The summed E-state index contributed by atoms with van der Waals surface area (Å²) in [6, 6.07) is 7.53. The molecule has 0 aliphatic rings. The Balaban J connectivity index is 2.41. The van der Waals surface area contributed by atoms with Gasteiger partial charge in [-0.15, -0.1) is 6.58 Å². The lowest BCUT2D eigenvalue weighted by Crippen LogP contribution is -2.25. The van der Waals surface area contributed by atoms with Crippen LogP contribution in [0.5, 0.6) is 5.75 Å². The van der Waals surface area contributed by atoms with Crippen molar-refractivity contribution in [1.29, 1.82) is 0 Å². The molecule has 0 heterocycles. The van der Waals surface area contributed by atoms with E-state index in [1.165, 1.54) is 0 Å². The predicted octanol–water partition coefficient (Wildman–Crippen LogP) is 1.29. The van der Waals surface area contributed by atoms with Gasteiger partial charge in [0.1, 0.15) is 18.2 Å². The summed E-state index contributed by atoms with van der Waals surface area (Å²) in [6.07, 6.45) is 1.92. The zero-order valence-corrected chi connectivity index (χ0v) is 10.1. The van der Waals surface area contributed by atoms with E-state index in [4.69, 9.17) is 15.7 Å². The van der Waals surface area contributed by atoms with E-state index in [0.717, 1.165) is 12.0 Å². The molecule has 0 saturated heterocycles. The minimum atomic E-state index is -0.797. The molecule has 98 valence electrons. The number of aliphatic hydroxyl groups excluding tert-OH is 1. The van der Waals surface area contributed by atoms with Crippen molar-refractivity contribution in [3.8, 4) is 5.75 Å². The smallest absolute Gasteiger partial charge is 0.141 e. The van der Waals surface area contributed by atoms with Gasteiger partial charge >= 0.3 is 0 Å². The predicted molar refractivity (Wildman–Crippen MR) is 69.9 cm³/mol. The standard InChI is InChI=1S/C13H18N2O3/c1-2-3-10-4-6-12(7-5-10)18-9-11(16)8-13(14)15-17/h2,4-7,11,16-17H,1,3,8-9H2,(H2,14,15). The van der Waals surface area contributed by atoms with Crippen molar-refractivity contribution in [2.75, 3.05) is 6.61 Å². The molecule has 0 amide bonds. The molecular weight excluding hydrogens is 232 g/mol. The molecule has 0 aliphatic heterocycles. The number of aliphatic hydroxyl groups is 1. The summed E-state index contributed by atoms with van der Waals surface area (Å²) in [5, 5.41) is 20.7. The molecule has 1 rings (SSSR count). The van der Waals surface area contributed by atoms with Crippen LogP contribution in [0.2, 0.25) is 0 Å². The Morgan fingerprint density at radius 3 is 2.67 bits per heavy atom. The maximum Gasteiger partial charge on any atom is 0.141 e. The first-order valence-electron chi connectivity index (χ1n) is 5.62. The Morgan fingerprint density at radius 1 is 1.44 bits per heavy atom. The van der Waals surface area contributed by atoms with Crippen LogP contribution in [0.25, 0.3) is 0 Å². The molecule has 18 heavy (non-hydrogen) atoms. The van der Waals surface area contributed by atoms with Crippen LogP contribution in [-0.2, 0) is 6.42 Å². The van der Waals surface area contributed by atoms with Crippen molar-refractivity contribution in [3.05, 3.63) is 42.5 Å². The van der Waals surface area contributed by atoms with Gasteiger partial charge in [-0.2, -0.15) is 0 Å². The van der Waals surface area contributed by atoms with Crippen LogP contribution in [-0.4, -0.2) is 28.9 Å². The molecule has 4 N–H and O–H groups in total. The fraction of sp³-hybridized carbons (Fsp3) is 0.308. The van der Waals surface area contributed by atoms with Gasteiger partial charge in [0, 0.05) is 6.42 Å². The lowest BCUT2D eigenvalue weighted by atomic mass is 10.1. The summed E-state index contributed by atoms with van der Waals surface area (Å²) in [4.78, 5) is 0. The number of allylic oxidation sites excluding steroid dienone is 1. The number of hydrogen-bond donors (Lipinski definition) is 3. The van der Waals surface area contributed by atoms with E-state index >= 15 is 0 Å². The Bertz CT molecular complexity index is 401. The van der Waals surface area contributed by atoms with Crippen molar-refractivity contribution >= 4 is 5.84 Å². The number of oxime groups is 1. The van der Waals surface area contributed by atoms with Gasteiger partial charge in [0.25, 0.3) is 0 Å². The van der Waals surface area contributed by atoms with Gasteiger partial charge in [-0.1, -0.05) is 23.4 Å². The second-order valence-electron chi connectivity index (χ2n) is 3.90. The molecule has 5 nitrogen and oxygen atoms in total. The molecule has 0 radical (unpaired) electrons. The molecule has 5 heteroatoms. The number of benzene rings is 1. The number of hydrogen-bond acceptors (Lipinski definition) is 4. The monoisotopic (exact) mass is 250 g/mol. The zero-order chi connectivity index (χ0) is 13.4. The van der Waals surface area contributed by atoms with E-state index in [9.17, 15) is 5.11 Å². The summed E-state index contributed by atoms with van der Waals surface area (Å²) in [5.74, 6) is 0.647. The first-order valence-corrected chi connectivity index (χ1v) is 5.62. The van der Waals surface area contributed by atoms with Crippen LogP contribution in [0.4, 0.5) is 0 Å². The third-order valence-corrected chi connectivity index (χ3v) is 2.32. The number of amidine groups is 1.